The van der Waals surface area contributed by atoms with Crippen LogP contribution in [0.1, 0.15) is 36.9 Å². The van der Waals surface area contributed by atoms with E-state index in [2.05, 4.69) is 15.3 Å². The van der Waals surface area contributed by atoms with Gasteiger partial charge in [0.1, 0.15) is 6.33 Å². The van der Waals surface area contributed by atoms with E-state index in [0.29, 0.717) is 32.2 Å². The van der Waals surface area contributed by atoms with E-state index in [0.717, 1.165) is 38.5 Å². The Kier molecular flexibility index (Phi) is 6.62. The van der Waals surface area contributed by atoms with Crippen molar-refractivity contribution in [2.75, 3.05) is 49.7 Å². The Bertz CT molecular complexity index is 870. The highest BCUT2D eigenvalue weighted by molar-refractivity contribution is 5.53. The summed E-state index contributed by atoms with van der Waals surface area (Å²) in [5.74, 6) is -2.66. The average molecular weight is 436 g/mol. The summed E-state index contributed by atoms with van der Waals surface area (Å²) in [5.41, 5.74) is 0.703. The molecular formula is C22H27F3N4O2. The van der Waals surface area contributed by atoms with Crippen LogP contribution in [0.4, 0.5) is 24.8 Å². The summed E-state index contributed by atoms with van der Waals surface area (Å²) < 4.78 is 53.4. The van der Waals surface area contributed by atoms with Crippen LogP contribution in [0.15, 0.2) is 30.6 Å². The number of hydrogen-bond donors (Lipinski definition) is 1. The number of nitrogens with zero attached hydrogens (tertiary/aromatic N) is 3. The lowest BCUT2D eigenvalue weighted by Crippen LogP contribution is -2.40. The van der Waals surface area contributed by atoms with Crippen molar-refractivity contribution in [3.8, 4) is 0 Å². The summed E-state index contributed by atoms with van der Waals surface area (Å²) in [6.45, 7) is 4.11. The smallest absolute Gasteiger partial charge is 0.270 e. The fraction of sp³-hybridized carbons (Fsp3) is 0.545. The molecular weight excluding hydrogens is 409 g/mol. The molecule has 2 aromatic rings. The highest BCUT2D eigenvalue weighted by atomic mass is 19.3. The number of benzene rings is 1. The molecule has 31 heavy (non-hydrogen) atoms. The molecule has 2 saturated heterocycles. The quantitative estimate of drug-likeness (QED) is 0.735. The summed E-state index contributed by atoms with van der Waals surface area (Å²) in [6.07, 6.45) is 3.22. The minimum Gasteiger partial charge on any atom is -0.381 e. The van der Waals surface area contributed by atoms with Gasteiger partial charge in [0, 0.05) is 38.8 Å². The maximum absolute atomic E-state index is 15.3. The minimum absolute atomic E-state index is 0.0626. The normalized spacial score (nSPS) is 20.6. The van der Waals surface area contributed by atoms with Crippen LogP contribution in [-0.4, -0.2) is 49.5 Å². The molecule has 0 spiro atoms. The van der Waals surface area contributed by atoms with Crippen molar-refractivity contribution >= 4 is 11.6 Å². The van der Waals surface area contributed by atoms with Gasteiger partial charge in [-0.15, -0.1) is 0 Å². The number of morpholine rings is 1. The molecule has 0 bridgehead atoms. The standard InChI is InChI=1S/C22H27F3N4O2/c1-22(24,25)17-4-2-16(3-5-17)18-13-31-11-8-29(18)21-19(23)20(27-14-28-21)26-12-15-6-9-30-10-7-15/h2-5,14-15,18H,6-13H2,1H3,(H,26,27,28). The molecule has 1 N–H and O–H groups in total. The second kappa shape index (κ2) is 9.40. The van der Waals surface area contributed by atoms with Gasteiger partial charge in [0.2, 0.25) is 5.82 Å². The highest BCUT2D eigenvalue weighted by Gasteiger charge is 2.30. The third-order valence-corrected chi connectivity index (χ3v) is 5.87. The number of aromatic nitrogens is 2. The molecule has 1 unspecified atom stereocenters. The minimum atomic E-state index is -2.91. The molecule has 2 aliphatic rings. The fourth-order valence-electron chi connectivity index (χ4n) is 4.01. The number of nitrogens with one attached hydrogen (secondary N) is 1. The van der Waals surface area contributed by atoms with Crippen molar-refractivity contribution in [3.63, 3.8) is 0 Å². The molecule has 2 aliphatic heterocycles. The first-order chi connectivity index (χ1) is 14.9. The predicted octanol–water partition coefficient (Wildman–Crippen LogP) is 4.14. The molecule has 0 amide bonds. The van der Waals surface area contributed by atoms with E-state index in [1.807, 2.05) is 4.90 Å². The number of rotatable bonds is 6. The Morgan fingerprint density at radius 3 is 2.55 bits per heavy atom. The van der Waals surface area contributed by atoms with Crippen LogP contribution in [0.25, 0.3) is 0 Å². The monoisotopic (exact) mass is 436 g/mol. The van der Waals surface area contributed by atoms with Crippen molar-refractivity contribution in [2.24, 2.45) is 5.92 Å². The molecule has 1 aromatic heterocycles. The highest BCUT2D eigenvalue weighted by Crippen LogP contribution is 2.34. The lowest BCUT2D eigenvalue weighted by atomic mass is 10.0. The van der Waals surface area contributed by atoms with Crippen LogP contribution in [0, 0.1) is 11.7 Å². The number of hydrogen-bond acceptors (Lipinski definition) is 6. The average Bonchev–Trinajstić information content (AvgIpc) is 2.79. The van der Waals surface area contributed by atoms with Gasteiger partial charge in [-0.05, 0) is 24.3 Å². The van der Waals surface area contributed by atoms with E-state index in [1.165, 1.54) is 18.5 Å². The molecule has 168 valence electrons. The molecule has 6 nitrogen and oxygen atoms in total. The van der Waals surface area contributed by atoms with Gasteiger partial charge in [-0.25, -0.2) is 18.7 Å². The van der Waals surface area contributed by atoms with Crippen LogP contribution >= 0.6 is 0 Å². The van der Waals surface area contributed by atoms with Crippen LogP contribution in [0.3, 0.4) is 0 Å². The van der Waals surface area contributed by atoms with E-state index in [4.69, 9.17) is 9.47 Å². The lowest BCUT2D eigenvalue weighted by molar-refractivity contribution is 0.0174. The summed E-state index contributed by atoms with van der Waals surface area (Å²) in [4.78, 5) is 10.1. The van der Waals surface area contributed by atoms with E-state index in [9.17, 15) is 8.78 Å². The van der Waals surface area contributed by atoms with Gasteiger partial charge in [-0.3, -0.25) is 0 Å². The van der Waals surface area contributed by atoms with Gasteiger partial charge < -0.3 is 19.7 Å². The van der Waals surface area contributed by atoms with Crippen molar-refractivity contribution in [2.45, 2.75) is 31.7 Å². The second-order valence-electron chi connectivity index (χ2n) is 8.09. The summed E-state index contributed by atoms with van der Waals surface area (Å²) in [6, 6.07) is 5.75. The van der Waals surface area contributed by atoms with Crippen molar-refractivity contribution in [3.05, 3.63) is 47.5 Å². The van der Waals surface area contributed by atoms with Gasteiger partial charge >= 0.3 is 0 Å². The van der Waals surface area contributed by atoms with E-state index >= 15 is 4.39 Å². The summed E-state index contributed by atoms with van der Waals surface area (Å²) >= 11 is 0. The van der Waals surface area contributed by atoms with Crippen LogP contribution < -0.4 is 10.2 Å². The fourth-order valence-corrected chi connectivity index (χ4v) is 4.01. The first-order valence-corrected chi connectivity index (χ1v) is 10.6. The maximum atomic E-state index is 15.3. The van der Waals surface area contributed by atoms with Crippen molar-refractivity contribution in [1.82, 2.24) is 9.97 Å². The molecule has 0 radical (unpaired) electrons. The van der Waals surface area contributed by atoms with Crippen LogP contribution in [0.2, 0.25) is 0 Å². The Labute approximate surface area is 179 Å². The molecule has 2 fully saturated rings. The zero-order valence-corrected chi connectivity index (χ0v) is 17.5. The SMILES string of the molecule is CC(F)(F)c1ccc(C2COCCN2c2ncnc(NCC3CCOCC3)c2F)cc1. The number of alkyl halides is 2. The maximum Gasteiger partial charge on any atom is 0.270 e. The molecule has 9 heteroatoms. The van der Waals surface area contributed by atoms with E-state index < -0.39 is 11.7 Å². The van der Waals surface area contributed by atoms with Crippen molar-refractivity contribution in [1.29, 1.82) is 0 Å². The largest absolute Gasteiger partial charge is 0.381 e. The Morgan fingerprint density at radius 2 is 1.84 bits per heavy atom. The molecule has 4 rings (SSSR count). The molecule has 1 aromatic carbocycles. The lowest BCUT2D eigenvalue weighted by Gasteiger charge is -2.37. The molecule has 0 saturated carbocycles. The number of anilines is 2. The third kappa shape index (κ3) is 5.10. The molecule has 3 heterocycles. The zero-order valence-electron chi connectivity index (χ0n) is 17.5. The van der Waals surface area contributed by atoms with Crippen LogP contribution in [-0.2, 0) is 15.4 Å². The van der Waals surface area contributed by atoms with Gasteiger partial charge in [0.05, 0.1) is 19.3 Å². The second-order valence-corrected chi connectivity index (χ2v) is 8.09. The van der Waals surface area contributed by atoms with Crippen molar-refractivity contribution < 1.29 is 22.6 Å². The van der Waals surface area contributed by atoms with Gasteiger partial charge in [-0.2, -0.15) is 4.39 Å². The number of ether oxygens (including phenoxy) is 2. The Morgan fingerprint density at radius 1 is 1.10 bits per heavy atom. The Balaban J connectivity index is 1.53. The predicted molar refractivity (Wildman–Crippen MR) is 111 cm³/mol. The summed E-state index contributed by atoms with van der Waals surface area (Å²) in [5, 5.41) is 3.12. The van der Waals surface area contributed by atoms with Gasteiger partial charge in [0.25, 0.3) is 5.92 Å². The first kappa shape index (κ1) is 21.8. The van der Waals surface area contributed by atoms with Gasteiger partial charge in [-0.1, -0.05) is 24.3 Å². The van der Waals surface area contributed by atoms with Gasteiger partial charge in [0.15, 0.2) is 11.6 Å². The van der Waals surface area contributed by atoms with E-state index in [-0.39, 0.29) is 23.2 Å². The number of halogens is 3. The third-order valence-electron chi connectivity index (χ3n) is 5.87. The van der Waals surface area contributed by atoms with E-state index in [1.54, 1.807) is 12.1 Å². The molecule has 0 aliphatic carbocycles. The topological polar surface area (TPSA) is 59.5 Å². The first-order valence-electron chi connectivity index (χ1n) is 10.6. The Hall–Kier alpha value is -2.39. The molecule has 1 atom stereocenters. The summed E-state index contributed by atoms with van der Waals surface area (Å²) in [7, 11) is 0. The zero-order chi connectivity index (χ0) is 21.8. The van der Waals surface area contributed by atoms with Crippen LogP contribution in [0.5, 0.6) is 0 Å².